The molecule has 0 saturated carbocycles. The first kappa shape index (κ1) is 27.1. The Morgan fingerprint density at radius 1 is 1.06 bits per heavy atom. The molecule has 180 valence electrons. The van der Waals surface area contributed by atoms with Crippen LogP contribution in [0.3, 0.4) is 0 Å². The van der Waals surface area contributed by atoms with Crippen molar-refractivity contribution in [3.05, 3.63) is 53.6 Å². The molecule has 0 saturated heterocycles. The van der Waals surface area contributed by atoms with Crippen molar-refractivity contribution in [2.24, 2.45) is 0 Å². The fraction of sp³-hybridized carbons (Fsp3) is 0.364. The van der Waals surface area contributed by atoms with Crippen molar-refractivity contribution in [2.45, 2.75) is 25.7 Å². The fourth-order valence-electron chi connectivity index (χ4n) is 3.27. The Balaban J connectivity index is 0.00000385. The van der Waals surface area contributed by atoms with E-state index in [1.165, 1.54) is 42.2 Å². The molecule has 1 aromatic heterocycles. The zero-order valence-electron chi connectivity index (χ0n) is 18.5. The topological polar surface area (TPSA) is 70.6 Å². The van der Waals surface area contributed by atoms with Gasteiger partial charge in [0.1, 0.15) is 11.3 Å². The summed E-state index contributed by atoms with van der Waals surface area (Å²) in [5, 5.41) is 0.227. The number of nitrogens with zero attached hydrogens (tertiary/aromatic N) is 3. The van der Waals surface area contributed by atoms with E-state index in [1.54, 1.807) is 0 Å². The van der Waals surface area contributed by atoms with E-state index in [1.807, 2.05) is 13.8 Å². The Labute approximate surface area is 202 Å². The number of rotatable bonds is 9. The van der Waals surface area contributed by atoms with Crippen LogP contribution < -0.4 is 4.90 Å². The lowest BCUT2D eigenvalue weighted by atomic mass is 10.2. The van der Waals surface area contributed by atoms with Gasteiger partial charge in [-0.1, -0.05) is 38.2 Å². The van der Waals surface area contributed by atoms with Crippen LogP contribution in [-0.2, 0) is 9.84 Å². The second-order valence-corrected chi connectivity index (χ2v) is 10.4. The average molecular weight is 518 g/mol. The molecule has 1 amide bonds. The van der Waals surface area contributed by atoms with Gasteiger partial charge in [-0.25, -0.2) is 22.2 Å². The number of sulfone groups is 1. The summed E-state index contributed by atoms with van der Waals surface area (Å²) in [6.45, 7) is 7.91. The zero-order chi connectivity index (χ0) is 23.5. The number of likely N-dealkylation sites (N-methyl/N-ethyl adjacent to an activating group) is 1. The van der Waals surface area contributed by atoms with E-state index in [0.29, 0.717) is 11.2 Å². The lowest BCUT2D eigenvalue weighted by Crippen LogP contribution is -2.39. The smallest absolute Gasteiger partial charge is 0.260 e. The van der Waals surface area contributed by atoms with Crippen molar-refractivity contribution in [3.63, 3.8) is 0 Å². The van der Waals surface area contributed by atoms with Gasteiger partial charge in [-0.3, -0.25) is 9.69 Å². The number of hydrogen-bond donors (Lipinski definition) is 0. The maximum absolute atomic E-state index is 14.2. The van der Waals surface area contributed by atoms with E-state index >= 15 is 0 Å². The highest BCUT2D eigenvalue weighted by atomic mass is 35.5. The quantitative estimate of drug-likeness (QED) is 0.408. The number of carbonyl (C=O) groups is 1. The molecule has 3 aromatic rings. The minimum atomic E-state index is -3.49. The Kier molecular flexibility index (Phi) is 9.30. The molecule has 0 spiro atoms. The third kappa shape index (κ3) is 6.06. The molecule has 0 bridgehead atoms. The molecule has 0 aliphatic carbocycles. The Morgan fingerprint density at radius 2 is 1.76 bits per heavy atom. The maximum atomic E-state index is 14.2. The first-order valence-corrected chi connectivity index (χ1v) is 12.8. The largest absolute Gasteiger partial charge is 0.302 e. The van der Waals surface area contributed by atoms with Crippen molar-refractivity contribution in [1.82, 2.24) is 9.88 Å². The molecule has 2 aromatic carbocycles. The molecular weight excluding hydrogens is 492 g/mol. The molecule has 0 aliphatic heterocycles. The molecule has 0 fully saturated rings. The van der Waals surface area contributed by atoms with Gasteiger partial charge in [0.15, 0.2) is 20.8 Å². The lowest BCUT2D eigenvalue weighted by molar-refractivity contribution is 0.0983. The second kappa shape index (κ2) is 11.3. The molecule has 6 nitrogen and oxygen atoms in total. The minimum absolute atomic E-state index is 0. The van der Waals surface area contributed by atoms with Crippen LogP contribution >= 0.6 is 23.7 Å². The van der Waals surface area contributed by atoms with E-state index in [9.17, 15) is 22.0 Å². The molecule has 33 heavy (non-hydrogen) atoms. The number of carbonyl (C=O) groups excluding carboxylic acids is 1. The van der Waals surface area contributed by atoms with Crippen LogP contribution in [-0.4, -0.2) is 56.1 Å². The minimum Gasteiger partial charge on any atom is -0.302 e. The van der Waals surface area contributed by atoms with Gasteiger partial charge in [0.2, 0.25) is 0 Å². The van der Waals surface area contributed by atoms with Crippen LogP contribution in [0.1, 0.15) is 31.1 Å². The average Bonchev–Trinajstić information content (AvgIpc) is 3.20. The van der Waals surface area contributed by atoms with E-state index in [0.717, 1.165) is 30.5 Å². The predicted molar refractivity (Wildman–Crippen MR) is 130 cm³/mol. The number of halogens is 3. The third-order valence-electron chi connectivity index (χ3n) is 5.23. The summed E-state index contributed by atoms with van der Waals surface area (Å²) < 4.78 is 52.7. The maximum Gasteiger partial charge on any atom is 0.260 e. The second-order valence-electron chi connectivity index (χ2n) is 7.15. The first-order valence-electron chi connectivity index (χ1n) is 10.3. The van der Waals surface area contributed by atoms with Crippen molar-refractivity contribution in [3.8, 4) is 0 Å². The van der Waals surface area contributed by atoms with Gasteiger partial charge >= 0.3 is 0 Å². The summed E-state index contributed by atoms with van der Waals surface area (Å²) in [6.07, 6.45) is 0. The Hall–Kier alpha value is -2.14. The van der Waals surface area contributed by atoms with Gasteiger partial charge in [-0.2, -0.15) is 0 Å². The number of hydrogen-bond acceptors (Lipinski definition) is 6. The monoisotopic (exact) mass is 517 g/mol. The van der Waals surface area contributed by atoms with E-state index in [4.69, 9.17) is 0 Å². The van der Waals surface area contributed by atoms with Crippen LogP contribution in [0, 0.1) is 11.6 Å². The van der Waals surface area contributed by atoms with E-state index in [2.05, 4.69) is 9.88 Å². The summed E-state index contributed by atoms with van der Waals surface area (Å²) in [6, 6.07) is 7.79. The van der Waals surface area contributed by atoms with Gasteiger partial charge in [0.25, 0.3) is 5.91 Å². The number of benzene rings is 2. The molecule has 1 heterocycles. The van der Waals surface area contributed by atoms with Crippen molar-refractivity contribution >= 4 is 54.8 Å². The van der Waals surface area contributed by atoms with Crippen LogP contribution in [0.2, 0.25) is 0 Å². The van der Waals surface area contributed by atoms with Gasteiger partial charge in [0, 0.05) is 24.7 Å². The normalized spacial score (nSPS) is 11.6. The Morgan fingerprint density at radius 3 is 2.39 bits per heavy atom. The van der Waals surface area contributed by atoms with Crippen LogP contribution in [0.25, 0.3) is 10.2 Å². The highest BCUT2D eigenvalue weighted by molar-refractivity contribution is 7.91. The highest BCUT2D eigenvalue weighted by Crippen LogP contribution is 2.32. The van der Waals surface area contributed by atoms with E-state index in [-0.39, 0.29) is 45.8 Å². The Bertz CT molecular complexity index is 1230. The fourth-order valence-corrected chi connectivity index (χ4v) is 5.23. The van der Waals surface area contributed by atoms with Crippen LogP contribution in [0.4, 0.5) is 13.9 Å². The number of anilines is 1. The summed E-state index contributed by atoms with van der Waals surface area (Å²) in [4.78, 5) is 21.3. The molecule has 0 atom stereocenters. The van der Waals surface area contributed by atoms with Crippen LogP contribution in [0.15, 0.2) is 41.3 Å². The van der Waals surface area contributed by atoms with Gasteiger partial charge in [-0.05, 0) is 37.4 Å². The molecule has 0 radical (unpaired) electrons. The number of aromatic nitrogens is 1. The molecule has 0 N–H and O–H groups in total. The lowest BCUT2D eigenvalue weighted by Gasteiger charge is -2.25. The predicted octanol–water partition coefficient (Wildman–Crippen LogP) is 4.78. The number of thiazole rings is 1. The summed E-state index contributed by atoms with van der Waals surface area (Å²) >= 11 is 1.02. The summed E-state index contributed by atoms with van der Waals surface area (Å²) in [5.74, 6) is -2.05. The van der Waals surface area contributed by atoms with Gasteiger partial charge < -0.3 is 4.90 Å². The zero-order valence-corrected chi connectivity index (χ0v) is 21.0. The molecule has 3 rings (SSSR count). The summed E-state index contributed by atoms with van der Waals surface area (Å²) in [7, 11) is -3.49. The SMILES string of the molecule is CCN(CC)CCN(C(=O)c1cccc(S(=O)(=O)CC)c1)c1nc2c(F)cc(F)cc2s1.Cl. The van der Waals surface area contributed by atoms with Gasteiger partial charge in [-0.15, -0.1) is 12.4 Å². The highest BCUT2D eigenvalue weighted by Gasteiger charge is 2.24. The van der Waals surface area contributed by atoms with Crippen molar-refractivity contribution in [1.29, 1.82) is 0 Å². The third-order valence-corrected chi connectivity index (χ3v) is 7.99. The number of amides is 1. The molecule has 0 unspecified atom stereocenters. The van der Waals surface area contributed by atoms with Gasteiger partial charge in [0.05, 0.1) is 15.3 Å². The van der Waals surface area contributed by atoms with Crippen LogP contribution in [0.5, 0.6) is 0 Å². The summed E-state index contributed by atoms with van der Waals surface area (Å²) in [5.41, 5.74) is 0.180. The first-order chi connectivity index (χ1) is 15.2. The number of fused-ring (bicyclic) bond motifs is 1. The van der Waals surface area contributed by atoms with Crippen molar-refractivity contribution < 1.29 is 22.0 Å². The van der Waals surface area contributed by atoms with E-state index < -0.39 is 27.4 Å². The standard InChI is InChI=1S/C22H25F2N3O3S2.ClH/c1-4-26(5-2)10-11-27(22-25-20-18(24)13-16(23)14-19(20)31-22)21(28)15-8-7-9-17(12-15)32(29,30)6-3;/h7-9,12-14H,4-6,10-11H2,1-3H3;1H. The molecular formula is C22H26ClF2N3O3S2. The molecule has 11 heteroatoms. The van der Waals surface area contributed by atoms with Crippen molar-refractivity contribution in [2.75, 3.05) is 36.8 Å². The molecule has 0 aliphatic rings.